The van der Waals surface area contributed by atoms with Gasteiger partial charge in [-0.15, -0.1) is 0 Å². The average Bonchev–Trinajstić information content (AvgIpc) is 2.41. The van der Waals surface area contributed by atoms with E-state index >= 15 is 0 Å². The van der Waals surface area contributed by atoms with E-state index in [1.54, 1.807) is 18.2 Å². The number of nitrogens with zero attached hydrogens (tertiary/aromatic N) is 1. The molecule has 0 amide bonds. The molecule has 96 valence electrons. The van der Waals surface area contributed by atoms with Gasteiger partial charge in [0.25, 0.3) is 0 Å². The number of para-hydroxylation sites is 1. The summed E-state index contributed by atoms with van der Waals surface area (Å²) in [4.78, 5) is 0. The van der Waals surface area contributed by atoms with Crippen molar-refractivity contribution in [3.63, 3.8) is 0 Å². The molecule has 0 radical (unpaired) electrons. The van der Waals surface area contributed by atoms with Crippen LogP contribution in [-0.2, 0) is 6.42 Å². The highest BCUT2D eigenvalue weighted by Crippen LogP contribution is 2.27. The molecule has 0 bridgehead atoms. The highest BCUT2D eigenvalue weighted by atomic mass is 16.5. The van der Waals surface area contributed by atoms with E-state index in [2.05, 4.69) is 0 Å². The molecular weight excluding hydrogens is 240 g/mol. The highest BCUT2D eigenvalue weighted by Gasteiger charge is 2.06. The Morgan fingerprint density at radius 3 is 2.68 bits per heavy atom. The van der Waals surface area contributed by atoms with E-state index in [1.165, 1.54) is 0 Å². The first kappa shape index (κ1) is 12.9. The van der Waals surface area contributed by atoms with Crippen molar-refractivity contribution in [2.24, 2.45) is 0 Å². The lowest BCUT2D eigenvalue weighted by molar-refractivity contribution is 0.298. The largest absolute Gasteiger partial charge is 0.457 e. The summed E-state index contributed by atoms with van der Waals surface area (Å²) in [5, 5.41) is 17.8. The molecule has 2 rings (SSSR count). The SMILES string of the molecule is N#Cc1ccc(Oc2ccccc2CCO)cc1N. The molecule has 2 aromatic carbocycles. The van der Waals surface area contributed by atoms with Gasteiger partial charge < -0.3 is 15.6 Å². The number of nitrogen functional groups attached to an aromatic ring is 1. The molecule has 0 unspecified atom stereocenters. The van der Waals surface area contributed by atoms with Crippen molar-refractivity contribution in [3.8, 4) is 17.6 Å². The maximum Gasteiger partial charge on any atom is 0.130 e. The summed E-state index contributed by atoms with van der Waals surface area (Å²) in [5.41, 5.74) is 7.48. The molecule has 4 nitrogen and oxygen atoms in total. The fourth-order valence-corrected chi connectivity index (χ4v) is 1.76. The number of aliphatic hydroxyl groups excluding tert-OH is 1. The van der Waals surface area contributed by atoms with Crippen LogP contribution in [0.3, 0.4) is 0 Å². The van der Waals surface area contributed by atoms with Crippen molar-refractivity contribution in [2.45, 2.75) is 6.42 Å². The Labute approximate surface area is 111 Å². The number of hydrogen-bond donors (Lipinski definition) is 2. The zero-order chi connectivity index (χ0) is 13.7. The molecule has 0 aromatic heterocycles. The second-order valence-electron chi connectivity index (χ2n) is 4.04. The molecule has 0 atom stereocenters. The van der Waals surface area contributed by atoms with Gasteiger partial charge in [0.15, 0.2) is 0 Å². The lowest BCUT2D eigenvalue weighted by Crippen LogP contribution is -1.96. The minimum atomic E-state index is 0.0654. The standard InChI is InChI=1S/C15H14N2O2/c16-10-12-5-6-13(9-14(12)17)19-15-4-2-1-3-11(15)7-8-18/h1-6,9,18H,7-8,17H2. The van der Waals surface area contributed by atoms with Crippen LogP contribution < -0.4 is 10.5 Å². The molecule has 0 aliphatic rings. The van der Waals surface area contributed by atoms with Gasteiger partial charge in [-0.05, 0) is 30.2 Å². The van der Waals surface area contributed by atoms with Crippen molar-refractivity contribution in [3.05, 3.63) is 53.6 Å². The van der Waals surface area contributed by atoms with Crippen LogP contribution in [0, 0.1) is 11.3 Å². The van der Waals surface area contributed by atoms with Crippen LogP contribution in [0.1, 0.15) is 11.1 Å². The molecule has 0 spiro atoms. The molecule has 19 heavy (non-hydrogen) atoms. The number of anilines is 1. The van der Waals surface area contributed by atoms with Crippen LogP contribution in [0.15, 0.2) is 42.5 Å². The van der Waals surface area contributed by atoms with Gasteiger partial charge >= 0.3 is 0 Å². The van der Waals surface area contributed by atoms with Crippen molar-refractivity contribution in [1.29, 1.82) is 5.26 Å². The first-order valence-electron chi connectivity index (χ1n) is 5.91. The molecule has 3 N–H and O–H groups in total. The van der Waals surface area contributed by atoms with Gasteiger partial charge in [-0.25, -0.2) is 0 Å². The van der Waals surface area contributed by atoms with E-state index in [1.807, 2.05) is 30.3 Å². The molecule has 4 heteroatoms. The maximum absolute atomic E-state index is 9.01. The summed E-state index contributed by atoms with van der Waals surface area (Å²) in [6, 6.07) is 14.4. The predicted molar refractivity (Wildman–Crippen MR) is 72.9 cm³/mol. The molecule has 0 aliphatic carbocycles. The molecule has 2 aromatic rings. The monoisotopic (exact) mass is 254 g/mol. The van der Waals surface area contributed by atoms with Gasteiger partial charge in [0.1, 0.15) is 17.6 Å². The van der Waals surface area contributed by atoms with Crippen LogP contribution in [0.2, 0.25) is 0 Å². The van der Waals surface area contributed by atoms with Gasteiger partial charge in [-0.2, -0.15) is 5.26 Å². The summed E-state index contributed by atoms with van der Waals surface area (Å²) >= 11 is 0. The second-order valence-corrected chi connectivity index (χ2v) is 4.04. The zero-order valence-electron chi connectivity index (χ0n) is 10.3. The lowest BCUT2D eigenvalue weighted by atomic mass is 10.1. The van der Waals surface area contributed by atoms with E-state index in [9.17, 15) is 0 Å². The quantitative estimate of drug-likeness (QED) is 0.821. The van der Waals surface area contributed by atoms with Gasteiger partial charge in [-0.3, -0.25) is 0 Å². The Kier molecular flexibility index (Phi) is 4.01. The Morgan fingerprint density at radius 2 is 2.00 bits per heavy atom. The van der Waals surface area contributed by atoms with E-state index in [0.717, 1.165) is 5.56 Å². The minimum absolute atomic E-state index is 0.0654. The van der Waals surface area contributed by atoms with Crippen molar-refractivity contribution in [2.75, 3.05) is 12.3 Å². The smallest absolute Gasteiger partial charge is 0.130 e. The Balaban J connectivity index is 2.26. The normalized spacial score (nSPS) is 9.89. The lowest BCUT2D eigenvalue weighted by Gasteiger charge is -2.11. The predicted octanol–water partition coefficient (Wildman–Crippen LogP) is 2.47. The zero-order valence-corrected chi connectivity index (χ0v) is 10.3. The minimum Gasteiger partial charge on any atom is -0.457 e. The molecule has 0 fully saturated rings. The third-order valence-electron chi connectivity index (χ3n) is 2.73. The number of ether oxygens (including phenoxy) is 1. The van der Waals surface area contributed by atoms with Crippen LogP contribution in [0.25, 0.3) is 0 Å². The number of aliphatic hydroxyl groups is 1. The van der Waals surface area contributed by atoms with Crippen molar-refractivity contribution >= 4 is 5.69 Å². The Morgan fingerprint density at radius 1 is 1.21 bits per heavy atom. The van der Waals surface area contributed by atoms with Crippen molar-refractivity contribution in [1.82, 2.24) is 0 Å². The number of hydrogen-bond acceptors (Lipinski definition) is 4. The topological polar surface area (TPSA) is 79.3 Å². The summed E-state index contributed by atoms with van der Waals surface area (Å²) < 4.78 is 5.74. The number of nitrogens with two attached hydrogens (primary N) is 1. The molecular formula is C15H14N2O2. The van der Waals surface area contributed by atoms with Crippen molar-refractivity contribution < 1.29 is 9.84 Å². The first-order valence-corrected chi connectivity index (χ1v) is 5.91. The summed E-state index contributed by atoms with van der Waals surface area (Å²) in [7, 11) is 0. The van der Waals surface area contributed by atoms with Crippen LogP contribution in [0.4, 0.5) is 5.69 Å². The Bertz CT molecular complexity index is 618. The Hall–Kier alpha value is -2.51. The molecule has 0 aliphatic heterocycles. The van der Waals surface area contributed by atoms with Gasteiger partial charge in [0.2, 0.25) is 0 Å². The highest BCUT2D eigenvalue weighted by molar-refractivity contribution is 5.57. The molecule has 0 saturated heterocycles. The third kappa shape index (κ3) is 3.03. The summed E-state index contributed by atoms with van der Waals surface area (Å²) in [5.74, 6) is 1.25. The number of rotatable bonds is 4. The van der Waals surface area contributed by atoms with Gasteiger partial charge in [0, 0.05) is 12.7 Å². The first-order chi connectivity index (χ1) is 9.24. The van der Waals surface area contributed by atoms with Crippen LogP contribution in [-0.4, -0.2) is 11.7 Å². The summed E-state index contributed by atoms with van der Waals surface area (Å²) in [6.07, 6.45) is 0.530. The number of benzene rings is 2. The van der Waals surface area contributed by atoms with Gasteiger partial charge in [0.05, 0.1) is 11.3 Å². The fourth-order valence-electron chi connectivity index (χ4n) is 1.76. The van der Waals surface area contributed by atoms with Crippen LogP contribution in [0.5, 0.6) is 11.5 Å². The molecule has 0 saturated carbocycles. The third-order valence-corrected chi connectivity index (χ3v) is 2.73. The summed E-state index contributed by atoms with van der Waals surface area (Å²) in [6.45, 7) is 0.0654. The van der Waals surface area contributed by atoms with E-state index < -0.39 is 0 Å². The van der Waals surface area contributed by atoms with E-state index in [-0.39, 0.29) is 6.61 Å². The second kappa shape index (κ2) is 5.89. The average molecular weight is 254 g/mol. The van der Waals surface area contributed by atoms with Gasteiger partial charge in [-0.1, -0.05) is 18.2 Å². The van der Waals surface area contributed by atoms with E-state index in [0.29, 0.717) is 29.2 Å². The fraction of sp³-hybridized carbons (Fsp3) is 0.133. The number of nitriles is 1. The molecule has 0 heterocycles. The van der Waals surface area contributed by atoms with Crippen LogP contribution >= 0.6 is 0 Å². The van der Waals surface area contributed by atoms with E-state index in [4.69, 9.17) is 20.8 Å². The maximum atomic E-state index is 9.01.